The molecule has 28 heavy (non-hydrogen) atoms. The number of carbonyl (C=O) groups is 1. The van der Waals surface area contributed by atoms with Gasteiger partial charge in [0.25, 0.3) is 5.76 Å². The number of imidazole rings is 1. The first-order chi connectivity index (χ1) is 13.5. The summed E-state index contributed by atoms with van der Waals surface area (Å²) in [6, 6.07) is 17.2. The van der Waals surface area contributed by atoms with Crippen LogP contribution in [0.2, 0.25) is 0 Å². The lowest BCUT2D eigenvalue weighted by Gasteiger charge is -2.17. The lowest BCUT2D eigenvalue weighted by atomic mass is 10.2. The Morgan fingerprint density at radius 1 is 1.18 bits per heavy atom. The minimum Gasteiger partial charge on any atom is -0.353 e. The molecule has 1 N–H and O–H groups in total. The van der Waals surface area contributed by atoms with Crippen LogP contribution in [0.3, 0.4) is 0 Å². The van der Waals surface area contributed by atoms with E-state index >= 15 is 0 Å². The van der Waals surface area contributed by atoms with Crippen molar-refractivity contribution >= 4 is 28.7 Å². The summed E-state index contributed by atoms with van der Waals surface area (Å²) in [5.41, 5.74) is 2.47. The monoisotopic (exact) mass is 404 g/mol. The molecule has 0 unspecified atom stereocenters. The SMILES string of the molecule is CN(CCNC(=O)Cn1c(SC(F)F)nc2ccccc21)Cc1ccccc1. The molecule has 0 radical (unpaired) electrons. The van der Waals surface area contributed by atoms with Gasteiger partial charge in [0.1, 0.15) is 6.54 Å². The molecule has 0 aliphatic rings. The number of thioether (sulfide) groups is 1. The summed E-state index contributed by atoms with van der Waals surface area (Å²) in [6.45, 7) is 1.91. The summed E-state index contributed by atoms with van der Waals surface area (Å²) < 4.78 is 27.2. The van der Waals surface area contributed by atoms with E-state index in [0.29, 0.717) is 35.9 Å². The van der Waals surface area contributed by atoms with Gasteiger partial charge in [-0.15, -0.1) is 0 Å². The zero-order valence-corrected chi connectivity index (χ0v) is 16.3. The summed E-state index contributed by atoms with van der Waals surface area (Å²) in [5.74, 6) is -2.82. The number of nitrogens with zero attached hydrogens (tertiary/aromatic N) is 3. The molecule has 5 nitrogen and oxygen atoms in total. The fraction of sp³-hybridized carbons (Fsp3) is 0.300. The van der Waals surface area contributed by atoms with Crippen LogP contribution in [0.4, 0.5) is 8.78 Å². The number of likely N-dealkylation sites (N-methyl/N-ethyl adjacent to an activating group) is 1. The largest absolute Gasteiger partial charge is 0.353 e. The van der Waals surface area contributed by atoms with Crippen LogP contribution >= 0.6 is 11.8 Å². The molecule has 0 aliphatic heterocycles. The van der Waals surface area contributed by atoms with Crippen LogP contribution in [0.15, 0.2) is 59.8 Å². The van der Waals surface area contributed by atoms with E-state index < -0.39 is 5.76 Å². The van der Waals surface area contributed by atoms with E-state index in [-0.39, 0.29) is 17.6 Å². The van der Waals surface area contributed by atoms with Crippen molar-refractivity contribution in [2.45, 2.75) is 24.0 Å². The Balaban J connectivity index is 1.56. The smallest absolute Gasteiger partial charge is 0.291 e. The van der Waals surface area contributed by atoms with E-state index in [1.54, 1.807) is 24.3 Å². The standard InChI is InChI=1S/C20H22F2N4OS/c1-25(13-15-7-3-2-4-8-15)12-11-23-18(27)14-26-17-10-6-5-9-16(17)24-20(26)28-19(21)22/h2-10,19H,11-14H2,1H3,(H,23,27). The van der Waals surface area contributed by atoms with Gasteiger partial charge in [0.15, 0.2) is 5.16 Å². The maximum atomic E-state index is 12.8. The van der Waals surface area contributed by atoms with Crippen molar-refractivity contribution in [1.29, 1.82) is 0 Å². The number of alkyl halides is 2. The van der Waals surface area contributed by atoms with E-state index in [9.17, 15) is 13.6 Å². The third-order valence-electron chi connectivity index (χ3n) is 4.23. The molecule has 3 aromatic rings. The summed E-state index contributed by atoms with van der Waals surface area (Å²) in [5, 5.41) is 3.00. The van der Waals surface area contributed by atoms with E-state index in [1.165, 1.54) is 10.1 Å². The van der Waals surface area contributed by atoms with E-state index in [0.717, 1.165) is 6.54 Å². The normalized spacial score (nSPS) is 11.5. The van der Waals surface area contributed by atoms with Gasteiger partial charge in [-0.2, -0.15) is 8.78 Å². The van der Waals surface area contributed by atoms with E-state index in [4.69, 9.17) is 0 Å². The Morgan fingerprint density at radius 2 is 1.89 bits per heavy atom. The molecule has 0 fully saturated rings. The maximum Gasteiger partial charge on any atom is 0.291 e. The molecule has 0 saturated carbocycles. The van der Waals surface area contributed by atoms with Crippen molar-refractivity contribution in [2.24, 2.45) is 0 Å². The number of carbonyl (C=O) groups excluding carboxylic acids is 1. The quantitative estimate of drug-likeness (QED) is 0.554. The van der Waals surface area contributed by atoms with Gasteiger partial charge in [-0.1, -0.05) is 42.5 Å². The third kappa shape index (κ3) is 5.53. The zero-order chi connectivity index (χ0) is 19.9. The van der Waals surface area contributed by atoms with Crippen molar-refractivity contribution in [2.75, 3.05) is 20.1 Å². The summed E-state index contributed by atoms with van der Waals surface area (Å²) in [6.07, 6.45) is 0. The Hall–Kier alpha value is -2.45. The lowest BCUT2D eigenvalue weighted by Crippen LogP contribution is -2.34. The van der Waals surface area contributed by atoms with Crippen LogP contribution in [0, 0.1) is 0 Å². The molecule has 0 spiro atoms. The molecule has 2 aromatic carbocycles. The Bertz CT molecular complexity index is 917. The highest BCUT2D eigenvalue weighted by atomic mass is 32.2. The molecule has 0 saturated heterocycles. The van der Waals surface area contributed by atoms with Gasteiger partial charge in [-0.25, -0.2) is 4.98 Å². The predicted octanol–water partition coefficient (Wildman–Crippen LogP) is 3.60. The number of halogens is 2. The highest BCUT2D eigenvalue weighted by molar-refractivity contribution is 7.99. The first-order valence-corrected chi connectivity index (χ1v) is 9.80. The third-order valence-corrected chi connectivity index (χ3v) is 4.93. The van der Waals surface area contributed by atoms with E-state index in [2.05, 4.69) is 27.3 Å². The number of amides is 1. The number of rotatable bonds is 9. The molecule has 1 aromatic heterocycles. The van der Waals surface area contributed by atoms with Crippen molar-refractivity contribution in [1.82, 2.24) is 19.8 Å². The fourth-order valence-corrected chi connectivity index (χ4v) is 3.54. The van der Waals surface area contributed by atoms with Gasteiger partial charge in [-0.05, 0) is 36.5 Å². The Labute approximate surface area is 166 Å². The van der Waals surface area contributed by atoms with Crippen LogP contribution in [0.25, 0.3) is 11.0 Å². The van der Waals surface area contributed by atoms with Crippen molar-refractivity contribution in [3.8, 4) is 0 Å². The average molecular weight is 404 g/mol. The number of fused-ring (bicyclic) bond motifs is 1. The number of nitrogens with one attached hydrogen (secondary N) is 1. The molecular weight excluding hydrogens is 382 g/mol. The molecule has 1 amide bonds. The highest BCUT2D eigenvalue weighted by Crippen LogP contribution is 2.28. The zero-order valence-electron chi connectivity index (χ0n) is 15.5. The number of hydrogen-bond acceptors (Lipinski definition) is 4. The maximum absolute atomic E-state index is 12.8. The molecule has 0 bridgehead atoms. The Kier molecular flexibility index (Phi) is 7.00. The molecule has 8 heteroatoms. The van der Waals surface area contributed by atoms with Crippen LogP contribution in [-0.2, 0) is 17.9 Å². The lowest BCUT2D eigenvalue weighted by molar-refractivity contribution is -0.121. The first kappa shape index (κ1) is 20.3. The molecule has 1 heterocycles. The molecular formula is C20H22F2N4OS. The number of hydrogen-bond donors (Lipinski definition) is 1. The average Bonchev–Trinajstić information content (AvgIpc) is 2.99. The minimum absolute atomic E-state index is 0.0437. The molecule has 0 atom stereocenters. The van der Waals surface area contributed by atoms with E-state index in [1.807, 2.05) is 25.2 Å². The number of aromatic nitrogens is 2. The first-order valence-electron chi connectivity index (χ1n) is 8.92. The van der Waals surface area contributed by atoms with Crippen LogP contribution in [0.5, 0.6) is 0 Å². The van der Waals surface area contributed by atoms with Crippen LogP contribution < -0.4 is 5.32 Å². The number of benzene rings is 2. The predicted molar refractivity (Wildman–Crippen MR) is 107 cm³/mol. The minimum atomic E-state index is -2.59. The summed E-state index contributed by atoms with van der Waals surface area (Å²) >= 11 is 0.353. The van der Waals surface area contributed by atoms with Crippen LogP contribution in [0.1, 0.15) is 5.56 Å². The fourth-order valence-electron chi connectivity index (χ4n) is 2.94. The molecule has 0 aliphatic carbocycles. The summed E-state index contributed by atoms with van der Waals surface area (Å²) in [7, 11) is 1.99. The number of para-hydroxylation sites is 2. The second-order valence-electron chi connectivity index (χ2n) is 6.42. The van der Waals surface area contributed by atoms with Crippen molar-refractivity contribution < 1.29 is 13.6 Å². The van der Waals surface area contributed by atoms with Gasteiger partial charge in [0.05, 0.1) is 11.0 Å². The second-order valence-corrected chi connectivity index (χ2v) is 7.38. The van der Waals surface area contributed by atoms with Gasteiger partial charge >= 0.3 is 0 Å². The topological polar surface area (TPSA) is 50.2 Å². The van der Waals surface area contributed by atoms with Gasteiger partial charge in [-0.3, -0.25) is 4.79 Å². The second kappa shape index (κ2) is 9.66. The Morgan fingerprint density at radius 3 is 2.64 bits per heavy atom. The van der Waals surface area contributed by atoms with Crippen LogP contribution in [-0.4, -0.2) is 46.3 Å². The highest BCUT2D eigenvalue weighted by Gasteiger charge is 2.17. The van der Waals surface area contributed by atoms with Crippen molar-refractivity contribution in [3.05, 3.63) is 60.2 Å². The van der Waals surface area contributed by atoms with Gasteiger partial charge in [0.2, 0.25) is 5.91 Å². The summed E-state index contributed by atoms with van der Waals surface area (Å²) in [4.78, 5) is 18.7. The molecule has 148 valence electrons. The molecule has 3 rings (SSSR count). The van der Waals surface area contributed by atoms with Crippen molar-refractivity contribution in [3.63, 3.8) is 0 Å². The van der Waals surface area contributed by atoms with Gasteiger partial charge < -0.3 is 14.8 Å². The van der Waals surface area contributed by atoms with Gasteiger partial charge in [0, 0.05) is 19.6 Å².